The van der Waals surface area contributed by atoms with Gasteiger partial charge in [-0.15, -0.1) is 0 Å². The summed E-state index contributed by atoms with van der Waals surface area (Å²) in [5.41, 5.74) is 2.91. The summed E-state index contributed by atoms with van der Waals surface area (Å²) in [6.07, 6.45) is 1.04. The maximum absolute atomic E-state index is 6.33. The number of aromatic nitrogens is 1. The van der Waals surface area contributed by atoms with Gasteiger partial charge in [-0.2, -0.15) is 0 Å². The Hall–Kier alpha value is -1.09. The van der Waals surface area contributed by atoms with E-state index in [2.05, 4.69) is 17.2 Å². The summed E-state index contributed by atoms with van der Waals surface area (Å²) in [7, 11) is 0. The largest absolute Gasteiger partial charge is 0.305 e. The molecule has 0 fully saturated rings. The molecule has 0 saturated heterocycles. The van der Waals surface area contributed by atoms with Crippen molar-refractivity contribution in [1.82, 2.24) is 10.3 Å². The van der Waals surface area contributed by atoms with E-state index in [1.165, 1.54) is 0 Å². The Morgan fingerprint density at radius 3 is 2.70 bits per heavy atom. The van der Waals surface area contributed by atoms with Gasteiger partial charge in [0.2, 0.25) is 0 Å². The first-order valence-corrected chi connectivity index (χ1v) is 7.49. The molecule has 0 spiro atoms. The van der Waals surface area contributed by atoms with Gasteiger partial charge >= 0.3 is 0 Å². The van der Waals surface area contributed by atoms with E-state index in [1.54, 1.807) is 6.07 Å². The van der Waals surface area contributed by atoms with Gasteiger partial charge in [-0.1, -0.05) is 36.2 Å². The van der Waals surface area contributed by atoms with Gasteiger partial charge in [0, 0.05) is 15.7 Å². The van der Waals surface area contributed by atoms with Gasteiger partial charge in [0.1, 0.15) is 0 Å². The van der Waals surface area contributed by atoms with Crippen molar-refractivity contribution in [3.05, 3.63) is 63.4 Å². The molecule has 2 aromatic rings. The third-order valence-corrected chi connectivity index (χ3v) is 3.65. The normalized spacial score (nSPS) is 12.4. The monoisotopic (exact) mass is 308 g/mol. The van der Waals surface area contributed by atoms with Crippen LogP contribution in [0.4, 0.5) is 0 Å². The zero-order valence-electron chi connectivity index (χ0n) is 11.7. The summed E-state index contributed by atoms with van der Waals surface area (Å²) in [6, 6.07) is 11.5. The lowest BCUT2D eigenvalue weighted by atomic mass is 10.0. The minimum absolute atomic E-state index is 0.0407. The Morgan fingerprint density at radius 2 is 2.00 bits per heavy atom. The van der Waals surface area contributed by atoms with E-state index in [4.69, 9.17) is 23.2 Å². The molecule has 1 heterocycles. The standard InChI is InChI=1S/C16H18Cl2N2/c1-3-9-19-16(15-6-4-5-11(2)20-15)13-10-12(17)7-8-14(13)18/h4-8,10,16,19H,3,9H2,1-2H3. The molecule has 0 bridgehead atoms. The van der Waals surface area contributed by atoms with Crippen molar-refractivity contribution < 1.29 is 0 Å². The van der Waals surface area contributed by atoms with Gasteiger partial charge in [0.05, 0.1) is 11.7 Å². The van der Waals surface area contributed by atoms with Gasteiger partial charge < -0.3 is 5.32 Å². The fourth-order valence-electron chi connectivity index (χ4n) is 2.12. The summed E-state index contributed by atoms with van der Waals surface area (Å²) in [6.45, 7) is 5.01. The number of hydrogen-bond acceptors (Lipinski definition) is 2. The molecule has 1 aromatic heterocycles. The second-order valence-electron chi connectivity index (χ2n) is 4.76. The number of nitrogens with one attached hydrogen (secondary N) is 1. The van der Waals surface area contributed by atoms with Crippen LogP contribution in [0.15, 0.2) is 36.4 Å². The lowest BCUT2D eigenvalue weighted by Crippen LogP contribution is -2.24. The van der Waals surface area contributed by atoms with Gasteiger partial charge in [-0.25, -0.2) is 0 Å². The van der Waals surface area contributed by atoms with E-state index >= 15 is 0 Å². The van der Waals surface area contributed by atoms with E-state index < -0.39 is 0 Å². The number of benzene rings is 1. The van der Waals surface area contributed by atoms with Crippen LogP contribution in [0.5, 0.6) is 0 Å². The zero-order chi connectivity index (χ0) is 14.5. The Balaban J connectivity index is 2.44. The van der Waals surface area contributed by atoms with Crippen LogP contribution < -0.4 is 5.32 Å². The molecule has 2 nitrogen and oxygen atoms in total. The molecular weight excluding hydrogens is 291 g/mol. The van der Waals surface area contributed by atoms with Crippen LogP contribution in [0.3, 0.4) is 0 Å². The molecule has 2 rings (SSSR count). The van der Waals surface area contributed by atoms with Crippen molar-refractivity contribution in [1.29, 1.82) is 0 Å². The fraction of sp³-hybridized carbons (Fsp3) is 0.312. The van der Waals surface area contributed by atoms with Gasteiger partial charge in [0.15, 0.2) is 0 Å². The number of pyridine rings is 1. The highest BCUT2D eigenvalue weighted by Gasteiger charge is 2.18. The molecule has 0 saturated carbocycles. The molecule has 1 N–H and O–H groups in total. The zero-order valence-corrected chi connectivity index (χ0v) is 13.2. The Labute approximate surface area is 130 Å². The molecule has 1 aromatic carbocycles. The smallest absolute Gasteiger partial charge is 0.0766 e. The van der Waals surface area contributed by atoms with E-state index in [-0.39, 0.29) is 6.04 Å². The lowest BCUT2D eigenvalue weighted by Gasteiger charge is -2.20. The summed E-state index contributed by atoms with van der Waals surface area (Å²) < 4.78 is 0. The number of rotatable bonds is 5. The van der Waals surface area contributed by atoms with Gasteiger partial charge in [0.25, 0.3) is 0 Å². The van der Waals surface area contributed by atoms with Gasteiger partial charge in [-0.3, -0.25) is 4.98 Å². The number of aryl methyl sites for hydroxylation is 1. The number of nitrogens with zero attached hydrogens (tertiary/aromatic N) is 1. The van der Waals surface area contributed by atoms with E-state index in [0.717, 1.165) is 29.9 Å². The molecule has 0 aliphatic heterocycles. The summed E-state index contributed by atoms with van der Waals surface area (Å²) in [5.74, 6) is 0. The predicted molar refractivity (Wildman–Crippen MR) is 85.6 cm³/mol. The van der Waals surface area contributed by atoms with Crippen LogP contribution in [-0.2, 0) is 0 Å². The molecular formula is C16H18Cl2N2. The quantitative estimate of drug-likeness (QED) is 0.859. The lowest BCUT2D eigenvalue weighted by molar-refractivity contribution is 0.585. The summed E-state index contributed by atoms with van der Waals surface area (Å²) in [4.78, 5) is 4.61. The van der Waals surface area contributed by atoms with Crippen molar-refractivity contribution in [2.75, 3.05) is 6.54 Å². The minimum atomic E-state index is -0.0407. The maximum Gasteiger partial charge on any atom is 0.0766 e. The second kappa shape index (κ2) is 7.07. The molecule has 1 unspecified atom stereocenters. The number of hydrogen-bond donors (Lipinski definition) is 1. The molecule has 4 heteroatoms. The second-order valence-corrected chi connectivity index (χ2v) is 5.60. The van der Waals surface area contributed by atoms with Crippen LogP contribution >= 0.6 is 23.2 Å². The van der Waals surface area contributed by atoms with Crippen LogP contribution in [0.25, 0.3) is 0 Å². The molecule has 1 atom stereocenters. The van der Waals surface area contributed by atoms with Gasteiger partial charge in [-0.05, 0) is 55.8 Å². The maximum atomic E-state index is 6.33. The molecule has 0 aliphatic carbocycles. The molecule has 106 valence electrons. The van der Waals surface area contributed by atoms with E-state index in [0.29, 0.717) is 10.0 Å². The first kappa shape index (κ1) is 15.3. The predicted octanol–water partition coefficient (Wildman–Crippen LogP) is 4.79. The van der Waals surface area contributed by atoms with Crippen molar-refractivity contribution in [2.24, 2.45) is 0 Å². The van der Waals surface area contributed by atoms with Crippen LogP contribution in [0.2, 0.25) is 10.0 Å². The molecule has 20 heavy (non-hydrogen) atoms. The van der Waals surface area contributed by atoms with Crippen molar-refractivity contribution in [2.45, 2.75) is 26.3 Å². The summed E-state index contributed by atoms with van der Waals surface area (Å²) >= 11 is 12.4. The Bertz CT molecular complexity index is 584. The van der Waals surface area contributed by atoms with E-state index in [1.807, 2.05) is 37.3 Å². The van der Waals surface area contributed by atoms with Crippen LogP contribution in [-0.4, -0.2) is 11.5 Å². The van der Waals surface area contributed by atoms with Crippen LogP contribution in [0, 0.1) is 6.92 Å². The topological polar surface area (TPSA) is 24.9 Å². The number of halogens is 2. The molecule has 0 amide bonds. The summed E-state index contributed by atoms with van der Waals surface area (Å²) in [5, 5.41) is 4.87. The highest BCUT2D eigenvalue weighted by Crippen LogP contribution is 2.30. The first-order valence-electron chi connectivity index (χ1n) is 6.73. The highest BCUT2D eigenvalue weighted by molar-refractivity contribution is 6.33. The van der Waals surface area contributed by atoms with E-state index in [9.17, 15) is 0 Å². The molecule has 0 aliphatic rings. The van der Waals surface area contributed by atoms with Crippen molar-refractivity contribution in [3.8, 4) is 0 Å². The third kappa shape index (κ3) is 3.72. The Morgan fingerprint density at radius 1 is 1.20 bits per heavy atom. The van der Waals surface area contributed by atoms with Crippen LogP contribution in [0.1, 0.15) is 36.3 Å². The average molecular weight is 309 g/mol. The van der Waals surface area contributed by atoms with Crippen molar-refractivity contribution >= 4 is 23.2 Å². The average Bonchev–Trinajstić information content (AvgIpc) is 2.43. The molecule has 0 radical (unpaired) electrons. The highest BCUT2D eigenvalue weighted by atomic mass is 35.5. The fourth-order valence-corrected chi connectivity index (χ4v) is 2.53. The first-order chi connectivity index (χ1) is 9.61. The minimum Gasteiger partial charge on any atom is -0.305 e. The third-order valence-electron chi connectivity index (χ3n) is 3.07. The SMILES string of the molecule is CCCNC(c1cccc(C)n1)c1cc(Cl)ccc1Cl. The van der Waals surface area contributed by atoms with Crippen molar-refractivity contribution in [3.63, 3.8) is 0 Å². The Kier molecular flexibility index (Phi) is 5.41.